The molecule has 15 heavy (non-hydrogen) atoms. The van der Waals surface area contributed by atoms with E-state index in [1.165, 1.54) is 0 Å². The molecule has 86 valence electrons. The van der Waals surface area contributed by atoms with E-state index in [4.69, 9.17) is 9.84 Å². The Labute approximate surface area is 90.2 Å². The van der Waals surface area contributed by atoms with Crippen LogP contribution in [0.1, 0.15) is 20.8 Å². The van der Waals surface area contributed by atoms with Gasteiger partial charge in [0, 0.05) is 19.7 Å². The number of fused-ring (bicyclic) bond motifs is 1. The summed E-state index contributed by atoms with van der Waals surface area (Å²) >= 11 is 0. The molecule has 1 aliphatic heterocycles. The third-order valence-corrected chi connectivity index (χ3v) is 3.23. The summed E-state index contributed by atoms with van der Waals surface area (Å²) < 4.78 is 5.28. The van der Waals surface area contributed by atoms with Crippen molar-refractivity contribution in [1.29, 1.82) is 0 Å². The summed E-state index contributed by atoms with van der Waals surface area (Å²) in [5.41, 5.74) is -0.416. The molecule has 2 atom stereocenters. The lowest BCUT2D eigenvalue weighted by Crippen LogP contribution is -2.37. The number of likely N-dealkylation sites (tertiary alicyclic amines) is 1. The van der Waals surface area contributed by atoms with E-state index in [9.17, 15) is 4.79 Å². The summed E-state index contributed by atoms with van der Waals surface area (Å²) in [5.74, 6) is 1.47. The zero-order valence-electron chi connectivity index (χ0n) is 9.56. The molecule has 0 bridgehead atoms. The molecule has 1 N–H and O–H groups in total. The van der Waals surface area contributed by atoms with Crippen LogP contribution in [-0.4, -0.2) is 41.4 Å². The molecule has 4 heteroatoms. The maximum Gasteiger partial charge on any atom is 0.410 e. The van der Waals surface area contributed by atoms with Gasteiger partial charge in [0.25, 0.3) is 0 Å². The van der Waals surface area contributed by atoms with Gasteiger partial charge < -0.3 is 14.7 Å². The van der Waals surface area contributed by atoms with Crippen molar-refractivity contribution in [3.63, 3.8) is 0 Å². The lowest BCUT2D eigenvalue weighted by molar-refractivity contribution is 0.0259. The number of hydrogen-bond donors (Lipinski definition) is 1. The summed E-state index contributed by atoms with van der Waals surface area (Å²) in [6, 6.07) is 0. The van der Waals surface area contributed by atoms with E-state index in [0.29, 0.717) is 17.8 Å². The Balaban J connectivity index is 1.82. The van der Waals surface area contributed by atoms with Crippen LogP contribution in [-0.2, 0) is 4.74 Å². The number of ether oxygens (including phenoxy) is 1. The first-order chi connectivity index (χ1) is 6.92. The van der Waals surface area contributed by atoms with Gasteiger partial charge in [0.05, 0.1) is 0 Å². The molecule has 0 radical (unpaired) electrons. The molecule has 1 aliphatic carbocycles. The Morgan fingerprint density at radius 3 is 2.33 bits per heavy atom. The van der Waals surface area contributed by atoms with Crippen molar-refractivity contribution in [3.05, 3.63) is 0 Å². The second-order valence-corrected chi connectivity index (χ2v) is 5.56. The minimum Gasteiger partial charge on any atom is -0.444 e. The van der Waals surface area contributed by atoms with Crippen LogP contribution >= 0.6 is 0 Å². The Kier molecular flexibility index (Phi) is 2.41. The lowest BCUT2D eigenvalue weighted by atomic mass is 10.2. The maximum atomic E-state index is 11.7. The topological polar surface area (TPSA) is 49.8 Å². The minimum atomic E-state index is -0.416. The van der Waals surface area contributed by atoms with E-state index >= 15 is 0 Å². The molecular formula is C11H19NO3. The summed E-state index contributed by atoms with van der Waals surface area (Å²) in [6.45, 7) is 7.39. The molecule has 0 aromatic heterocycles. The molecular weight excluding hydrogens is 194 g/mol. The number of aliphatic hydroxyl groups excluding tert-OH is 1. The van der Waals surface area contributed by atoms with Crippen molar-refractivity contribution in [1.82, 2.24) is 4.90 Å². The first kappa shape index (κ1) is 10.7. The van der Waals surface area contributed by atoms with Gasteiger partial charge in [-0.3, -0.25) is 0 Å². The normalized spacial score (nSPS) is 33.9. The van der Waals surface area contributed by atoms with Gasteiger partial charge in [-0.05, 0) is 38.5 Å². The first-order valence-electron chi connectivity index (χ1n) is 5.51. The molecule has 1 saturated carbocycles. The van der Waals surface area contributed by atoms with Gasteiger partial charge in [0.15, 0.2) is 0 Å². The van der Waals surface area contributed by atoms with E-state index in [2.05, 4.69) is 0 Å². The van der Waals surface area contributed by atoms with Crippen molar-refractivity contribution < 1.29 is 14.6 Å². The molecule has 2 aliphatic rings. The Hall–Kier alpha value is -0.770. The van der Waals surface area contributed by atoms with Crippen LogP contribution in [0.15, 0.2) is 0 Å². The monoisotopic (exact) mass is 213 g/mol. The SMILES string of the molecule is CC(C)(C)OC(=O)N1C[C@H]2C(CO)[C@@H]2C1. The number of nitrogens with zero attached hydrogens (tertiary/aromatic N) is 1. The molecule has 4 nitrogen and oxygen atoms in total. The van der Waals surface area contributed by atoms with E-state index < -0.39 is 5.60 Å². The summed E-state index contributed by atoms with van der Waals surface area (Å²) in [4.78, 5) is 13.4. The van der Waals surface area contributed by atoms with Gasteiger partial charge in [-0.25, -0.2) is 4.79 Å². The van der Waals surface area contributed by atoms with E-state index in [1.807, 2.05) is 20.8 Å². The molecule has 0 aromatic carbocycles. The standard InChI is InChI=1S/C11H19NO3/c1-11(2,3)15-10(14)12-4-7-8(5-12)9(7)6-13/h7-9,13H,4-6H2,1-3H3/t7-,8-/m1/s1. The maximum absolute atomic E-state index is 11.7. The average molecular weight is 213 g/mol. The zero-order chi connectivity index (χ0) is 11.2. The summed E-state index contributed by atoms with van der Waals surface area (Å²) in [6.07, 6.45) is -0.216. The number of amides is 1. The highest BCUT2D eigenvalue weighted by Gasteiger charge is 2.56. The molecule has 0 aromatic rings. The Bertz CT molecular complexity index is 259. The fourth-order valence-corrected chi connectivity index (χ4v) is 2.40. The van der Waals surface area contributed by atoms with Gasteiger partial charge in [0.1, 0.15) is 5.60 Å². The largest absolute Gasteiger partial charge is 0.444 e. The predicted molar refractivity (Wildman–Crippen MR) is 55.4 cm³/mol. The second-order valence-electron chi connectivity index (χ2n) is 5.56. The molecule has 1 saturated heterocycles. The summed E-state index contributed by atoms with van der Waals surface area (Å²) in [5, 5.41) is 8.99. The number of piperidine rings is 1. The summed E-state index contributed by atoms with van der Waals surface area (Å²) in [7, 11) is 0. The van der Waals surface area contributed by atoms with Gasteiger partial charge in [0.2, 0.25) is 0 Å². The lowest BCUT2D eigenvalue weighted by Gasteiger charge is -2.25. The van der Waals surface area contributed by atoms with Crippen LogP contribution in [0.4, 0.5) is 4.79 Å². The third kappa shape index (κ3) is 2.09. The van der Waals surface area contributed by atoms with Crippen molar-refractivity contribution >= 4 is 6.09 Å². The molecule has 0 spiro atoms. The van der Waals surface area contributed by atoms with Gasteiger partial charge in [-0.1, -0.05) is 0 Å². The number of rotatable bonds is 1. The van der Waals surface area contributed by atoms with Crippen molar-refractivity contribution in [3.8, 4) is 0 Å². The number of carbonyl (C=O) groups excluding carboxylic acids is 1. The van der Waals surface area contributed by atoms with Gasteiger partial charge in [-0.15, -0.1) is 0 Å². The smallest absolute Gasteiger partial charge is 0.410 e. The Morgan fingerprint density at radius 1 is 1.40 bits per heavy atom. The van der Waals surface area contributed by atoms with Crippen LogP contribution in [0.2, 0.25) is 0 Å². The molecule has 1 amide bonds. The molecule has 2 rings (SSSR count). The van der Waals surface area contributed by atoms with Crippen LogP contribution in [0.25, 0.3) is 0 Å². The third-order valence-electron chi connectivity index (χ3n) is 3.23. The number of carbonyl (C=O) groups is 1. The van der Waals surface area contributed by atoms with Crippen molar-refractivity contribution in [2.45, 2.75) is 26.4 Å². The molecule has 0 unspecified atom stereocenters. The highest BCUT2D eigenvalue weighted by molar-refractivity contribution is 5.68. The average Bonchev–Trinajstić information content (AvgIpc) is 2.54. The number of aliphatic hydroxyl groups is 1. The second kappa shape index (κ2) is 3.37. The predicted octanol–water partition coefficient (Wildman–Crippen LogP) is 1.09. The highest BCUT2D eigenvalue weighted by atomic mass is 16.6. The molecule has 2 fully saturated rings. The van der Waals surface area contributed by atoms with E-state index in [-0.39, 0.29) is 12.7 Å². The quantitative estimate of drug-likeness (QED) is 0.709. The minimum absolute atomic E-state index is 0.216. The first-order valence-corrected chi connectivity index (χ1v) is 5.51. The van der Waals surface area contributed by atoms with Crippen LogP contribution < -0.4 is 0 Å². The van der Waals surface area contributed by atoms with Crippen molar-refractivity contribution in [2.75, 3.05) is 19.7 Å². The highest BCUT2D eigenvalue weighted by Crippen LogP contribution is 2.51. The van der Waals surface area contributed by atoms with Crippen LogP contribution in [0.5, 0.6) is 0 Å². The Morgan fingerprint density at radius 2 is 1.93 bits per heavy atom. The van der Waals surface area contributed by atoms with Crippen LogP contribution in [0, 0.1) is 17.8 Å². The van der Waals surface area contributed by atoms with Crippen LogP contribution in [0.3, 0.4) is 0 Å². The van der Waals surface area contributed by atoms with E-state index in [0.717, 1.165) is 13.1 Å². The zero-order valence-corrected chi connectivity index (χ0v) is 9.56. The van der Waals surface area contributed by atoms with Gasteiger partial charge >= 0.3 is 6.09 Å². The fraction of sp³-hybridized carbons (Fsp3) is 0.909. The number of hydrogen-bond acceptors (Lipinski definition) is 3. The van der Waals surface area contributed by atoms with E-state index in [1.54, 1.807) is 4.90 Å². The van der Waals surface area contributed by atoms with Gasteiger partial charge in [-0.2, -0.15) is 0 Å². The fourth-order valence-electron chi connectivity index (χ4n) is 2.40. The molecule has 1 heterocycles. The van der Waals surface area contributed by atoms with Crippen molar-refractivity contribution in [2.24, 2.45) is 17.8 Å².